The zero-order valence-corrected chi connectivity index (χ0v) is 16.6. The van der Waals surface area contributed by atoms with Crippen molar-refractivity contribution >= 4 is 35.3 Å². The average molecular weight is 447 g/mol. The number of alkyl halides is 3. The first kappa shape index (κ1) is 21.4. The van der Waals surface area contributed by atoms with Crippen LogP contribution in [0.25, 0.3) is 0 Å². The summed E-state index contributed by atoms with van der Waals surface area (Å²) in [4.78, 5) is 18.3. The standard InChI is InChI=1S/C21H17F4N5O2/c1-26-18-15-8-9-32-19(15)27-11-30(18)14-5-3-13(4-6-14)28-20(31)29-17-10-12(21(23,24)25)2-7-16(17)22/h2-11,18,26H,1H3,(H2,28,29,31). The maximum Gasteiger partial charge on any atom is 0.416 e. The summed E-state index contributed by atoms with van der Waals surface area (Å²) in [6.07, 6.45) is -1.71. The number of carbonyl (C=O) groups is 1. The molecule has 1 aliphatic heterocycles. The van der Waals surface area contributed by atoms with Gasteiger partial charge in [0.15, 0.2) is 0 Å². The van der Waals surface area contributed by atoms with Gasteiger partial charge in [-0.2, -0.15) is 13.2 Å². The summed E-state index contributed by atoms with van der Waals surface area (Å²) < 4.78 is 57.6. The lowest BCUT2D eigenvalue weighted by molar-refractivity contribution is -0.137. The molecule has 2 amide bonds. The van der Waals surface area contributed by atoms with Crippen LogP contribution in [0.4, 0.5) is 45.3 Å². The third-order valence-electron chi connectivity index (χ3n) is 4.79. The number of rotatable bonds is 4. The van der Waals surface area contributed by atoms with Gasteiger partial charge < -0.3 is 20.0 Å². The van der Waals surface area contributed by atoms with Gasteiger partial charge in [-0.3, -0.25) is 5.32 Å². The number of fused-ring (bicyclic) bond motifs is 1. The molecular formula is C21H17F4N5O2. The van der Waals surface area contributed by atoms with Gasteiger partial charge in [0.05, 0.1) is 23.1 Å². The molecule has 0 spiro atoms. The van der Waals surface area contributed by atoms with Gasteiger partial charge in [-0.1, -0.05) is 0 Å². The lowest BCUT2D eigenvalue weighted by Gasteiger charge is -2.31. The predicted octanol–water partition coefficient (Wildman–Crippen LogP) is 5.48. The smallest absolute Gasteiger partial charge is 0.416 e. The Bertz CT molecular complexity index is 1160. The number of nitrogens with zero attached hydrogens (tertiary/aromatic N) is 2. The van der Waals surface area contributed by atoms with Gasteiger partial charge in [-0.05, 0) is 55.6 Å². The van der Waals surface area contributed by atoms with Crippen molar-refractivity contribution in [3.8, 4) is 0 Å². The molecule has 2 aromatic carbocycles. The highest BCUT2D eigenvalue weighted by Crippen LogP contribution is 2.35. The molecule has 4 rings (SSSR count). The molecule has 2 heterocycles. The van der Waals surface area contributed by atoms with E-state index in [-0.39, 0.29) is 6.17 Å². The molecule has 32 heavy (non-hydrogen) atoms. The van der Waals surface area contributed by atoms with E-state index in [0.29, 0.717) is 29.8 Å². The minimum atomic E-state index is -4.66. The van der Waals surface area contributed by atoms with Gasteiger partial charge in [0.25, 0.3) is 0 Å². The van der Waals surface area contributed by atoms with E-state index in [0.717, 1.165) is 11.3 Å². The number of anilines is 3. The third kappa shape index (κ3) is 4.28. The van der Waals surface area contributed by atoms with Crippen LogP contribution in [-0.4, -0.2) is 19.4 Å². The molecule has 0 saturated carbocycles. The molecule has 1 aromatic heterocycles. The quantitative estimate of drug-likeness (QED) is 0.463. The van der Waals surface area contributed by atoms with Crippen LogP contribution in [-0.2, 0) is 6.18 Å². The minimum Gasteiger partial charge on any atom is -0.446 e. The number of hydrogen-bond acceptors (Lipinski definition) is 5. The van der Waals surface area contributed by atoms with Crippen molar-refractivity contribution in [3.63, 3.8) is 0 Å². The summed E-state index contributed by atoms with van der Waals surface area (Å²) in [6, 6.07) is 9.37. The van der Waals surface area contributed by atoms with Crippen LogP contribution in [0.3, 0.4) is 0 Å². The van der Waals surface area contributed by atoms with Crippen LogP contribution in [0.15, 0.2) is 64.2 Å². The molecule has 3 aromatic rings. The first-order chi connectivity index (χ1) is 15.3. The molecule has 7 nitrogen and oxygen atoms in total. The fourth-order valence-corrected chi connectivity index (χ4v) is 3.26. The fraction of sp³-hybridized carbons (Fsp3) is 0.143. The molecule has 0 saturated heterocycles. The molecule has 0 aliphatic carbocycles. The summed E-state index contributed by atoms with van der Waals surface area (Å²) in [5, 5.41) is 7.73. The number of urea groups is 1. The summed E-state index contributed by atoms with van der Waals surface area (Å²) in [6.45, 7) is 0. The highest BCUT2D eigenvalue weighted by atomic mass is 19.4. The first-order valence-corrected chi connectivity index (χ1v) is 9.38. The van der Waals surface area contributed by atoms with E-state index in [1.165, 1.54) is 0 Å². The van der Waals surface area contributed by atoms with E-state index < -0.39 is 29.3 Å². The van der Waals surface area contributed by atoms with Crippen molar-refractivity contribution in [2.45, 2.75) is 12.3 Å². The molecule has 3 N–H and O–H groups in total. The number of amides is 2. The summed E-state index contributed by atoms with van der Waals surface area (Å²) >= 11 is 0. The van der Waals surface area contributed by atoms with Gasteiger partial charge in [-0.25, -0.2) is 14.2 Å². The van der Waals surface area contributed by atoms with Gasteiger partial charge in [-0.15, -0.1) is 0 Å². The molecule has 1 aliphatic rings. The van der Waals surface area contributed by atoms with Crippen LogP contribution in [0.2, 0.25) is 0 Å². The number of aliphatic imine (C=N–C) groups is 1. The first-order valence-electron chi connectivity index (χ1n) is 9.38. The lowest BCUT2D eigenvalue weighted by atomic mass is 10.1. The number of hydrogen-bond donors (Lipinski definition) is 3. The second kappa shape index (κ2) is 8.35. The van der Waals surface area contributed by atoms with Crippen molar-refractivity contribution in [3.05, 3.63) is 71.7 Å². The van der Waals surface area contributed by atoms with Crippen LogP contribution in [0, 0.1) is 5.82 Å². The number of furan rings is 1. The summed E-state index contributed by atoms with van der Waals surface area (Å²) in [7, 11) is 1.79. The molecule has 0 radical (unpaired) electrons. The molecule has 1 unspecified atom stereocenters. The van der Waals surface area contributed by atoms with E-state index in [1.54, 1.807) is 43.9 Å². The molecular weight excluding hydrogens is 430 g/mol. The zero-order chi connectivity index (χ0) is 22.9. The second-order valence-corrected chi connectivity index (χ2v) is 6.84. The maximum absolute atomic E-state index is 13.8. The monoisotopic (exact) mass is 447 g/mol. The predicted molar refractivity (Wildman–Crippen MR) is 112 cm³/mol. The molecule has 11 heteroatoms. The van der Waals surface area contributed by atoms with Crippen molar-refractivity contribution < 1.29 is 26.8 Å². The number of carbonyl (C=O) groups excluding carboxylic acids is 1. The topological polar surface area (TPSA) is 81.9 Å². The average Bonchev–Trinajstić information content (AvgIpc) is 3.23. The van der Waals surface area contributed by atoms with Crippen molar-refractivity contribution in [1.82, 2.24) is 5.32 Å². The van der Waals surface area contributed by atoms with Crippen LogP contribution < -0.4 is 20.9 Å². The Hall–Kier alpha value is -3.86. The van der Waals surface area contributed by atoms with Crippen LogP contribution in [0.5, 0.6) is 0 Å². The van der Waals surface area contributed by atoms with Gasteiger partial charge in [0.1, 0.15) is 18.3 Å². The Morgan fingerprint density at radius 2 is 1.84 bits per heavy atom. The SMILES string of the molecule is CNC1c2ccoc2N=CN1c1ccc(NC(=O)Nc2cc(C(F)(F)F)ccc2F)cc1. The summed E-state index contributed by atoms with van der Waals surface area (Å²) in [5.41, 5.74) is 0.333. The molecule has 1 atom stereocenters. The largest absolute Gasteiger partial charge is 0.446 e. The highest BCUT2D eigenvalue weighted by Gasteiger charge is 2.31. The van der Waals surface area contributed by atoms with Gasteiger partial charge in [0.2, 0.25) is 5.88 Å². The van der Waals surface area contributed by atoms with Crippen molar-refractivity contribution in [1.29, 1.82) is 0 Å². The molecule has 0 bridgehead atoms. The number of halogens is 4. The Morgan fingerprint density at radius 3 is 2.53 bits per heavy atom. The van der Waals surface area contributed by atoms with Crippen LogP contribution in [0.1, 0.15) is 17.3 Å². The Kier molecular flexibility index (Phi) is 5.57. The van der Waals surface area contributed by atoms with Crippen LogP contribution >= 0.6 is 0 Å². The van der Waals surface area contributed by atoms with E-state index in [9.17, 15) is 22.4 Å². The minimum absolute atomic E-state index is 0.216. The molecule has 0 fully saturated rings. The van der Waals surface area contributed by atoms with E-state index in [1.807, 2.05) is 11.0 Å². The number of benzene rings is 2. The zero-order valence-electron chi connectivity index (χ0n) is 16.6. The lowest BCUT2D eigenvalue weighted by Crippen LogP contribution is -2.37. The highest BCUT2D eigenvalue weighted by molar-refractivity contribution is 6.00. The number of nitrogens with one attached hydrogen (secondary N) is 3. The summed E-state index contributed by atoms with van der Waals surface area (Å²) in [5.74, 6) is -0.470. The Morgan fingerprint density at radius 1 is 1.09 bits per heavy atom. The normalized spacial score (nSPS) is 15.4. The third-order valence-corrected chi connectivity index (χ3v) is 4.79. The van der Waals surface area contributed by atoms with Crippen molar-refractivity contribution in [2.75, 3.05) is 22.6 Å². The maximum atomic E-state index is 13.8. The van der Waals surface area contributed by atoms with Gasteiger partial charge in [0, 0.05) is 11.4 Å². The van der Waals surface area contributed by atoms with E-state index in [2.05, 4.69) is 20.9 Å². The fourth-order valence-electron chi connectivity index (χ4n) is 3.26. The van der Waals surface area contributed by atoms with E-state index >= 15 is 0 Å². The Balaban J connectivity index is 1.45. The van der Waals surface area contributed by atoms with E-state index in [4.69, 9.17) is 4.42 Å². The second-order valence-electron chi connectivity index (χ2n) is 6.84. The Labute approximate surface area is 179 Å². The van der Waals surface area contributed by atoms with Gasteiger partial charge >= 0.3 is 12.2 Å². The van der Waals surface area contributed by atoms with Crippen molar-refractivity contribution in [2.24, 2.45) is 4.99 Å². The molecule has 166 valence electrons.